The summed E-state index contributed by atoms with van der Waals surface area (Å²) < 4.78 is 12.8. The Morgan fingerprint density at radius 3 is 2.27 bits per heavy atom. The molecule has 0 fully saturated rings. The fraction of sp³-hybridized carbons (Fsp3) is 0.176. The first kappa shape index (κ1) is 15.7. The Kier molecular flexibility index (Phi) is 5.25. The summed E-state index contributed by atoms with van der Waals surface area (Å²) in [5.74, 6) is -1.02. The number of hydrogen-bond acceptors (Lipinski definition) is 2. The van der Waals surface area contributed by atoms with Gasteiger partial charge in [0.25, 0.3) is 5.91 Å². The maximum absolute atomic E-state index is 12.8. The fourth-order valence-corrected chi connectivity index (χ4v) is 2.07. The van der Waals surface area contributed by atoms with E-state index in [0.717, 1.165) is 5.69 Å². The zero-order valence-electron chi connectivity index (χ0n) is 12.3. The number of halogens is 1. The molecule has 4 nitrogen and oxygen atoms in total. The molecule has 2 aromatic rings. The molecule has 0 bridgehead atoms. The van der Waals surface area contributed by atoms with Crippen molar-refractivity contribution in [3.8, 4) is 0 Å². The topological polar surface area (TPSA) is 49.4 Å². The van der Waals surface area contributed by atoms with Crippen molar-refractivity contribution in [2.75, 3.05) is 18.0 Å². The van der Waals surface area contributed by atoms with Crippen LogP contribution in [0.2, 0.25) is 0 Å². The molecular formula is C17H17FN2O2. The number of benzene rings is 2. The molecule has 0 atom stereocenters. The molecule has 5 heteroatoms. The zero-order valence-corrected chi connectivity index (χ0v) is 12.3. The van der Waals surface area contributed by atoms with Gasteiger partial charge in [0.1, 0.15) is 5.82 Å². The van der Waals surface area contributed by atoms with Crippen LogP contribution in [0.25, 0.3) is 0 Å². The van der Waals surface area contributed by atoms with Crippen molar-refractivity contribution in [1.82, 2.24) is 5.32 Å². The van der Waals surface area contributed by atoms with E-state index in [1.54, 1.807) is 4.90 Å². The molecule has 22 heavy (non-hydrogen) atoms. The number of hydrogen-bond donors (Lipinski definition) is 1. The van der Waals surface area contributed by atoms with E-state index < -0.39 is 11.7 Å². The molecule has 0 heterocycles. The number of nitrogens with zero attached hydrogens (tertiary/aromatic N) is 1. The Hall–Kier alpha value is -2.69. The van der Waals surface area contributed by atoms with Crippen LogP contribution in [0, 0.1) is 5.82 Å². The summed E-state index contributed by atoms with van der Waals surface area (Å²) in [6.07, 6.45) is 0. The van der Waals surface area contributed by atoms with Crippen LogP contribution in [0.15, 0.2) is 54.6 Å². The van der Waals surface area contributed by atoms with Crippen LogP contribution in [-0.4, -0.2) is 24.9 Å². The Morgan fingerprint density at radius 1 is 1.05 bits per heavy atom. The average Bonchev–Trinajstić information content (AvgIpc) is 2.55. The number of likely N-dealkylation sites (N-methyl/N-ethyl adjacent to an activating group) is 1. The molecule has 2 amide bonds. The molecule has 1 N–H and O–H groups in total. The van der Waals surface area contributed by atoms with Gasteiger partial charge in [-0.15, -0.1) is 0 Å². The van der Waals surface area contributed by atoms with E-state index in [4.69, 9.17) is 0 Å². The summed E-state index contributed by atoms with van der Waals surface area (Å²) in [6.45, 7) is 2.26. The molecule has 2 rings (SSSR count). The highest BCUT2D eigenvalue weighted by molar-refractivity contribution is 6.00. The Labute approximate surface area is 128 Å². The predicted molar refractivity (Wildman–Crippen MR) is 83.2 cm³/mol. The largest absolute Gasteiger partial charge is 0.343 e. The van der Waals surface area contributed by atoms with Gasteiger partial charge in [0.05, 0.1) is 6.54 Å². The lowest BCUT2D eigenvalue weighted by molar-refractivity contribution is -0.117. The molecule has 0 radical (unpaired) electrons. The van der Waals surface area contributed by atoms with E-state index in [2.05, 4.69) is 5.32 Å². The van der Waals surface area contributed by atoms with Crippen molar-refractivity contribution in [2.24, 2.45) is 0 Å². The lowest BCUT2D eigenvalue weighted by Crippen LogP contribution is -2.40. The van der Waals surface area contributed by atoms with Crippen LogP contribution in [0.5, 0.6) is 0 Å². The monoisotopic (exact) mass is 300 g/mol. The number of para-hydroxylation sites is 1. The van der Waals surface area contributed by atoms with E-state index in [-0.39, 0.29) is 12.5 Å². The molecule has 0 spiro atoms. The molecule has 0 unspecified atom stereocenters. The number of amides is 2. The van der Waals surface area contributed by atoms with Gasteiger partial charge in [-0.2, -0.15) is 0 Å². The number of carbonyl (C=O) groups is 2. The summed E-state index contributed by atoms with van der Waals surface area (Å²) in [4.78, 5) is 25.7. The van der Waals surface area contributed by atoms with Crippen molar-refractivity contribution in [1.29, 1.82) is 0 Å². The molecule has 0 aliphatic heterocycles. The Bertz CT molecular complexity index is 641. The van der Waals surface area contributed by atoms with E-state index in [1.807, 2.05) is 37.3 Å². The first-order chi connectivity index (χ1) is 10.6. The van der Waals surface area contributed by atoms with Crippen LogP contribution in [0.3, 0.4) is 0 Å². The summed E-state index contributed by atoms with van der Waals surface area (Å²) >= 11 is 0. The molecular weight excluding hydrogens is 283 g/mol. The van der Waals surface area contributed by atoms with Crippen molar-refractivity contribution in [2.45, 2.75) is 6.92 Å². The van der Waals surface area contributed by atoms with E-state index in [9.17, 15) is 14.0 Å². The average molecular weight is 300 g/mol. The summed E-state index contributed by atoms with van der Waals surface area (Å²) in [5.41, 5.74) is 1.10. The van der Waals surface area contributed by atoms with Crippen LogP contribution >= 0.6 is 0 Å². The maximum atomic E-state index is 12.8. The number of rotatable bonds is 5. The molecule has 0 aliphatic carbocycles. The maximum Gasteiger partial charge on any atom is 0.251 e. The Balaban J connectivity index is 1.96. The lowest BCUT2D eigenvalue weighted by atomic mass is 10.2. The quantitative estimate of drug-likeness (QED) is 0.922. The summed E-state index contributed by atoms with van der Waals surface area (Å²) in [7, 11) is 0. The first-order valence-electron chi connectivity index (χ1n) is 7.01. The second-order valence-corrected chi connectivity index (χ2v) is 4.66. The second-order valence-electron chi connectivity index (χ2n) is 4.66. The SMILES string of the molecule is CCN(C(=O)CNC(=O)c1ccc(F)cc1)c1ccccc1. The van der Waals surface area contributed by atoms with Gasteiger partial charge < -0.3 is 10.2 Å². The lowest BCUT2D eigenvalue weighted by Gasteiger charge is -2.21. The standard InChI is InChI=1S/C17H17FN2O2/c1-2-20(15-6-4-3-5-7-15)16(21)12-19-17(22)13-8-10-14(18)11-9-13/h3-11H,2,12H2,1H3,(H,19,22). The third-order valence-corrected chi connectivity index (χ3v) is 3.19. The highest BCUT2D eigenvalue weighted by Crippen LogP contribution is 2.12. The van der Waals surface area contributed by atoms with Gasteiger partial charge in [-0.25, -0.2) is 4.39 Å². The van der Waals surface area contributed by atoms with E-state index >= 15 is 0 Å². The van der Waals surface area contributed by atoms with Gasteiger partial charge in [0.15, 0.2) is 0 Å². The van der Waals surface area contributed by atoms with Crippen molar-refractivity contribution >= 4 is 17.5 Å². The minimum atomic E-state index is -0.408. The minimum absolute atomic E-state index is 0.112. The second kappa shape index (κ2) is 7.36. The fourth-order valence-electron chi connectivity index (χ4n) is 2.07. The Morgan fingerprint density at radius 2 is 1.68 bits per heavy atom. The number of anilines is 1. The van der Waals surface area contributed by atoms with E-state index in [1.165, 1.54) is 24.3 Å². The third kappa shape index (κ3) is 3.91. The van der Waals surface area contributed by atoms with Gasteiger partial charge in [-0.05, 0) is 43.3 Å². The van der Waals surface area contributed by atoms with Crippen LogP contribution in [0.4, 0.5) is 10.1 Å². The molecule has 2 aromatic carbocycles. The van der Waals surface area contributed by atoms with Gasteiger partial charge in [0.2, 0.25) is 5.91 Å². The highest BCUT2D eigenvalue weighted by atomic mass is 19.1. The van der Waals surface area contributed by atoms with Gasteiger partial charge in [-0.1, -0.05) is 18.2 Å². The molecule has 114 valence electrons. The van der Waals surface area contributed by atoms with Crippen molar-refractivity contribution < 1.29 is 14.0 Å². The zero-order chi connectivity index (χ0) is 15.9. The molecule has 0 saturated carbocycles. The van der Waals surface area contributed by atoms with E-state index in [0.29, 0.717) is 12.1 Å². The summed E-state index contributed by atoms with van der Waals surface area (Å²) in [6, 6.07) is 14.4. The van der Waals surface area contributed by atoms with Gasteiger partial charge in [-0.3, -0.25) is 9.59 Å². The number of nitrogens with one attached hydrogen (secondary N) is 1. The normalized spacial score (nSPS) is 10.1. The third-order valence-electron chi connectivity index (χ3n) is 3.19. The van der Waals surface area contributed by atoms with Crippen LogP contribution < -0.4 is 10.2 Å². The van der Waals surface area contributed by atoms with Gasteiger partial charge in [0, 0.05) is 17.8 Å². The highest BCUT2D eigenvalue weighted by Gasteiger charge is 2.15. The smallest absolute Gasteiger partial charge is 0.251 e. The van der Waals surface area contributed by atoms with Crippen LogP contribution in [-0.2, 0) is 4.79 Å². The molecule has 0 aliphatic rings. The van der Waals surface area contributed by atoms with Crippen molar-refractivity contribution in [3.05, 3.63) is 66.0 Å². The molecule has 0 aromatic heterocycles. The van der Waals surface area contributed by atoms with Gasteiger partial charge >= 0.3 is 0 Å². The predicted octanol–water partition coefficient (Wildman–Crippen LogP) is 2.61. The molecule has 0 saturated heterocycles. The van der Waals surface area contributed by atoms with Crippen LogP contribution in [0.1, 0.15) is 17.3 Å². The first-order valence-corrected chi connectivity index (χ1v) is 7.01. The summed E-state index contributed by atoms with van der Waals surface area (Å²) in [5, 5.41) is 2.55. The van der Waals surface area contributed by atoms with Crippen molar-refractivity contribution in [3.63, 3.8) is 0 Å². The number of carbonyl (C=O) groups excluding carboxylic acids is 2. The minimum Gasteiger partial charge on any atom is -0.343 e.